The van der Waals surface area contributed by atoms with E-state index in [-0.39, 0.29) is 9.92 Å². The van der Waals surface area contributed by atoms with Crippen molar-refractivity contribution < 1.29 is 8.42 Å². The van der Waals surface area contributed by atoms with Gasteiger partial charge in [-0.1, -0.05) is 23.7 Å². The first-order chi connectivity index (χ1) is 9.99. The molecule has 21 heavy (non-hydrogen) atoms. The first kappa shape index (κ1) is 13.9. The van der Waals surface area contributed by atoms with Crippen LogP contribution in [0, 0.1) is 6.92 Å². The number of aryl methyl sites for hydroxylation is 1. The summed E-state index contributed by atoms with van der Waals surface area (Å²) in [5.74, 6) is 0. The highest BCUT2D eigenvalue weighted by atomic mass is 35.5. The number of halogens is 1. The van der Waals surface area contributed by atoms with Crippen molar-refractivity contribution in [3.05, 3.63) is 59.5 Å². The van der Waals surface area contributed by atoms with Crippen molar-refractivity contribution in [2.75, 3.05) is 4.72 Å². The average Bonchev–Trinajstić information content (AvgIpc) is 2.91. The fourth-order valence-corrected chi connectivity index (χ4v) is 3.74. The highest BCUT2D eigenvalue weighted by Gasteiger charge is 2.18. The predicted octanol–water partition coefficient (Wildman–Crippen LogP) is 3.10. The van der Waals surface area contributed by atoms with E-state index in [1.54, 1.807) is 42.7 Å². The maximum absolute atomic E-state index is 12.4. The van der Waals surface area contributed by atoms with E-state index in [1.165, 1.54) is 6.07 Å². The summed E-state index contributed by atoms with van der Waals surface area (Å²) in [6.45, 7) is 1.82. The van der Waals surface area contributed by atoms with Gasteiger partial charge in [-0.05, 0) is 31.2 Å². The number of pyridine rings is 1. The Morgan fingerprint density at radius 2 is 1.95 bits per heavy atom. The first-order valence-corrected chi connectivity index (χ1v) is 8.05. The first-order valence-electron chi connectivity index (χ1n) is 6.19. The molecule has 0 unspecified atom stereocenters. The summed E-state index contributed by atoms with van der Waals surface area (Å²) in [5.41, 5.74) is 1.99. The topological polar surface area (TPSA) is 63.5 Å². The van der Waals surface area contributed by atoms with E-state index in [0.717, 1.165) is 11.3 Å². The summed E-state index contributed by atoms with van der Waals surface area (Å²) in [4.78, 5) is 4.21. The molecule has 7 heteroatoms. The molecule has 0 fully saturated rings. The molecule has 0 aliphatic heterocycles. The van der Waals surface area contributed by atoms with Crippen LogP contribution < -0.4 is 4.72 Å². The van der Waals surface area contributed by atoms with E-state index >= 15 is 0 Å². The van der Waals surface area contributed by atoms with Crippen LogP contribution in [0.3, 0.4) is 0 Å². The van der Waals surface area contributed by atoms with Crippen molar-refractivity contribution in [2.45, 2.75) is 11.8 Å². The van der Waals surface area contributed by atoms with Gasteiger partial charge in [0, 0.05) is 18.1 Å². The Morgan fingerprint density at radius 3 is 2.71 bits per heavy atom. The van der Waals surface area contributed by atoms with Crippen molar-refractivity contribution >= 4 is 33.0 Å². The third-order valence-corrected chi connectivity index (χ3v) is 5.06. The molecule has 2 heterocycles. The summed E-state index contributed by atoms with van der Waals surface area (Å²) >= 11 is 5.96. The number of anilines is 1. The molecule has 0 spiro atoms. The Labute approximate surface area is 127 Å². The number of benzene rings is 1. The standard InChI is InChI=1S/C14H12ClN3O2S/c1-10-12(6-7-14-16-8-9-18(10)14)17-21(19,20)13-5-3-2-4-11(13)15/h2-9,17H,1H3. The molecule has 3 rings (SSSR count). The number of hydrogen-bond acceptors (Lipinski definition) is 3. The van der Waals surface area contributed by atoms with Gasteiger partial charge in [0.15, 0.2) is 0 Å². The number of aromatic nitrogens is 2. The zero-order valence-electron chi connectivity index (χ0n) is 11.1. The second-order valence-electron chi connectivity index (χ2n) is 4.52. The van der Waals surface area contributed by atoms with E-state index in [1.807, 2.05) is 11.3 Å². The molecular formula is C14H12ClN3O2S. The quantitative estimate of drug-likeness (QED) is 0.806. The van der Waals surface area contributed by atoms with Crippen molar-refractivity contribution in [1.29, 1.82) is 0 Å². The lowest BCUT2D eigenvalue weighted by Gasteiger charge is -2.12. The van der Waals surface area contributed by atoms with Crippen molar-refractivity contribution in [3.8, 4) is 0 Å². The highest BCUT2D eigenvalue weighted by Crippen LogP contribution is 2.25. The van der Waals surface area contributed by atoms with Gasteiger partial charge in [0.25, 0.3) is 10.0 Å². The van der Waals surface area contributed by atoms with Gasteiger partial charge >= 0.3 is 0 Å². The zero-order valence-corrected chi connectivity index (χ0v) is 12.7. The van der Waals surface area contributed by atoms with E-state index in [9.17, 15) is 8.42 Å². The summed E-state index contributed by atoms with van der Waals surface area (Å²) in [5, 5.41) is 0.186. The third-order valence-electron chi connectivity index (χ3n) is 3.19. The average molecular weight is 322 g/mol. The summed E-state index contributed by atoms with van der Waals surface area (Å²) in [6.07, 6.45) is 3.44. The zero-order chi connectivity index (χ0) is 15.0. The van der Waals surface area contributed by atoms with Gasteiger partial charge in [-0.25, -0.2) is 13.4 Å². The number of imidazole rings is 1. The minimum Gasteiger partial charge on any atom is -0.302 e. The van der Waals surface area contributed by atoms with Gasteiger partial charge in [-0.3, -0.25) is 4.72 Å². The second-order valence-corrected chi connectivity index (χ2v) is 6.58. The Hall–Kier alpha value is -2.05. The molecule has 0 saturated carbocycles. The SMILES string of the molecule is Cc1c(NS(=O)(=O)c2ccccc2Cl)ccc2nccn12. The van der Waals surface area contributed by atoms with Crippen LogP contribution in [0.5, 0.6) is 0 Å². The lowest BCUT2D eigenvalue weighted by atomic mass is 10.3. The molecular weight excluding hydrogens is 310 g/mol. The fourth-order valence-electron chi connectivity index (χ4n) is 2.10. The lowest BCUT2D eigenvalue weighted by Crippen LogP contribution is -2.15. The Kier molecular flexibility index (Phi) is 3.35. The largest absolute Gasteiger partial charge is 0.302 e. The molecule has 1 N–H and O–H groups in total. The normalized spacial score (nSPS) is 11.7. The lowest BCUT2D eigenvalue weighted by molar-refractivity contribution is 0.601. The molecule has 0 aliphatic rings. The summed E-state index contributed by atoms with van der Waals surface area (Å²) in [6, 6.07) is 9.76. The Bertz CT molecular complexity index is 919. The maximum atomic E-state index is 12.4. The number of sulfonamides is 1. The number of nitrogens with zero attached hydrogens (tertiary/aromatic N) is 2. The van der Waals surface area contributed by atoms with Gasteiger partial charge in [-0.15, -0.1) is 0 Å². The van der Waals surface area contributed by atoms with Crippen molar-refractivity contribution in [2.24, 2.45) is 0 Å². The summed E-state index contributed by atoms with van der Waals surface area (Å²) < 4.78 is 29.2. The van der Waals surface area contributed by atoms with Crippen LogP contribution in [-0.4, -0.2) is 17.8 Å². The molecule has 2 aromatic heterocycles. The van der Waals surface area contributed by atoms with E-state index in [4.69, 9.17) is 11.6 Å². The molecule has 0 aliphatic carbocycles. The molecule has 3 aromatic rings. The van der Waals surface area contributed by atoms with Gasteiger partial charge in [0.05, 0.1) is 10.7 Å². The van der Waals surface area contributed by atoms with Crippen LogP contribution in [0.15, 0.2) is 53.7 Å². The number of hydrogen-bond donors (Lipinski definition) is 1. The maximum Gasteiger partial charge on any atom is 0.263 e. The molecule has 0 bridgehead atoms. The van der Waals surface area contributed by atoms with Crippen LogP contribution in [0.2, 0.25) is 5.02 Å². The minimum absolute atomic E-state index is 0.0526. The molecule has 5 nitrogen and oxygen atoms in total. The van der Waals surface area contributed by atoms with Crippen LogP contribution in [0.25, 0.3) is 5.65 Å². The molecule has 108 valence electrons. The van der Waals surface area contributed by atoms with Crippen LogP contribution in [0.4, 0.5) is 5.69 Å². The molecule has 1 aromatic carbocycles. The van der Waals surface area contributed by atoms with Gasteiger partial charge in [0.1, 0.15) is 10.5 Å². The number of nitrogens with one attached hydrogen (secondary N) is 1. The monoisotopic (exact) mass is 321 g/mol. The highest BCUT2D eigenvalue weighted by molar-refractivity contribution is 7.92. The van der Waals surface area contributed by atoms with Crippen LogP contribution >= 0.6 is 11.6 Å². The Balaban J connectivity index is 2.05. The van der Waals surface area contributed by atoms with Gasteiger partial charge in [-0.2, -0.15) is 0 Å². The number of fused-ring (bicyclic) bond motifs is 1. The van der Waals surface area contributed by atoms with Crippen LogP contribution in [-0.2, 0) is 10.0 Å². The Morgan fingerprint density at radius 1 is 1.19 bits per heavy atom. The van der Waals surface area contributed by atoms with Gasteiger partial charge in [0.2, 0.25) is 0 Å². The minimum atomic E-state index is -3.73. The molecule has 0 amide bonds. The van der Waals surface area contributed by atoms with E-state index < -0.39 is 10.0 Å². The number of rotatable bonds is 3. The molecule has 0 radical (unpaired) electrons. The van der Waals surface area contributed by atoms with Crippen LogP contribution in [0.1, 0.15) is 5.69 Å². The second kappa shape index (κ2) is 5.05. The van der Waals surface area contributed by atoms with E-state index in [2.05, 4.69) is 9.71 Å². The van der Waals surface area contributed by atoms with Gasteiger partial charge < -0.3 is 4.40 Å². The van der Waals surface area contributed by atoms with E-state index in [0.29, 0.717) is 5.69 Å². The fraction of sp³-hybridized carbons (Fsp3) is 0.0714. The smallest absolute Gasteiger partial charge is 0.263 e. The third kappa shape index (κ3) is 2.48. The summed E-state index contributed by atoms with van der Waals surface area (Å²) in [7, 11) is -3.73. The predicted molar refractivity (Wildman–Crippen MR) is 82.2 cm³/mol. The molecule has 0 saturated heterocycles. The molecule has 0 atom stereocenters. The van der Waals surface area contributed by atoms with Crippen molar-refractivity contribution in [3.63, 3.8) is 0 Å². The van der Waals surface area contributed by atoms with Crippen molar-refractivity contribution in [1.82, 2.24) is 9.38 Å².